The van der Waals surface area contributed by atoms with E-state index in [-0.39, 0.29) is 0 Å². The second kappa shape index (κ2) is 4.17. The summed E-state index contributed by atoms with van der Waals surface area (Å²) in [7, 11) is 0. The van der Waals surface area contributed by atoms with Crippen LogP contribution in [0.15, 0.2) is 18.5 Å². The summed E-state index contributed by atoms with van der Waals surface area (Å²) >= 11 is 0. The van der Waals surface area contributed by atoms with E-state index in [1.54, 1.807) is 0 Å². The van der Waals surface area contributed by atoms with Gasteiger partial charge in [0.25, 0.3) is 0 Å². The van der Waals surface area contributed by atoms with Crippen molar-refractivity contribution < 1.29 is 0 Å². The summed E-state index contributed by atoms with van der Waals surface area (Å²) in [6.45, 7) is 3.42. The van der Waals surface area contributed by atoms with E-state index in [9.17, 15) is 0 Å². The summed E-state index contributed by atoms with van der Waals surface area (Å²) in [5.41, 5.74) is 2.90. The molecule has 0 radical (unpaired) electrons. The van der Waals surface area contributed by atoms with Gasteiger partial charge in [-0.05, 0) is 68.2 Å². The molecule has 2 saturated carbocycles. The van der Waals surface area contributed by atoms with Gasteiger partial charge in [-0.15, -0.1) is 0 Å². The lowest BCUT2D eigenvalue weighted by Crippen LogP contribution is -2.35. The fraction of sp³-hybridized carbons (Fsp3) is 0.643. The van der Waals surface area contributed by atoms with Gasteiger partial charge < -0.3 is 5.32 Å². The zero-order chi connectivity index (χ0) is 11.0. The number of pyridine rings is 1. The van der Waals surface area contributed by atoms with Crippen LogP contribution >= 0.6 is 0 Å². The first-order chi connectivity index (χ1) is 7.84. The van der Waals surface area contributed by atoms with E-state index in [0.29, 0.717) is 0 Å². The molecule has 0 saturated heterocycles. The third-order valence-electron chi connectivity index (χ3n) is 4.14. The topological polar surface area (TPSA) is 24.9 Å². The molecule has 2 heteroatoms. The van der Waals surface area contributed by atoms with Crippen LogP contribution in [-0.4, -0.2) is 17.6 Å². The first kappa shape index (κ1) is 10.3. The van der Waals surface area contributed by atoms with Crippen molar-refractivity contribution in [1.29, 1.82) is 0 Å². The maximum atomic E-state index is 4.27. The molecule has 0 spiro atoms. The second-order valence-electron chi connectivity index (χ2n) is 5.36. The largest absolute Gasteiger partial charge is 0.314 e. The van der Waals surface area contributed by atoms with Crippen LogP contribution in [0.2, 0.25) is 0 Å². The molecule has 3 rings (SSSR count). The Labute approximate surface area is 97.5 Å². The number of hydrogen-bond acceptors (Lipinski definition) is 2. The summed E-state index contributed by atoms with van der Waals surface area (Å²) in [4.78, 5) is 4.27. The van der Waals surface area contributed by atoms with Crippen molar-refractivity contribution in [2.45, 2.75) is 44.6 Å². The highest BCUT2D eigenvalue weighted by Crippen LogP contribution is 2.43. The Balaban J connectivity index is 1.63. The summed E-state index contributed by atoms with van der Waals surface area (Å²) in [5.74, 6) is 1.61. The molecule has 2 fully saturated rings. The Hall–Kier alpha value is -0.890. The molecule has 1 heterocycles. The quantitative estimate of drug-likeness (QED) is 0.837. The van der Waals surface area contributed by atoms with Crippen molar-refractivity contribution in [2.75, 3.05) is 6.54 Å². The van der Waals surface area contributed by atoms with E-state index in [1.807, 2.05) is 6.20 Å². The predicted molar refractivity (Wildman–Crippen MR) is 65.5 cm³/mol. The normalized spacial score (nSPS) is 28.8. The Morgan fingerprint density at radius 1 is 1.31 bits per heavy atom. The average molecular weight is 216 g/mol. The molecular weight excluding hydrogens is 196 g/mol. The SMILES string of the molecule is Cc1ccncc1C1CCC1CNC1CC1. The molecule has 16 heavy (non-hydrogen) atoms. The van der Waals surface area contributed by atoms with Gasteiger partial charge >= 0.3 is 0 Å². The van der Waals surface area contributed by atoms with E-state index in [2.05, 4.69) is 29.5 Å². The van der Waals surface area contributed by atoms with Gasteiger partial charge in [-0.1, -0.05) is 0 Å². The Morgan fingerprint density at radius 3 is 2.81 bits per heavy atom. The van der Waals surface area contributed by atoms with Crippen molar-refractivity contribution in [1.82, 2.24) is 10.3 Å². The summed E-state index contributed by atoms with van der Waals surface area (Å²) in [6.07, 6.45) is 9.49. The summed E-state index contributed by atoms with van der Waals surface area (Å²) in [6, 6.07) is 2.98. The summed E-state index contributed by atoms with van der Waals surface area (Å²) in [5, 5.41) is 3.66. The van der Waals surface area contributed by atoms with Crippen molar-refractivity contribution in [3.8, 4) is 0 Å². The Bertz CT molecular complexity index is 371. The van der Waals surface area contributed by atoms with Gasteiger partial charge in [0.15, 0.2) is 0 Å². The fourth-order valence-electron chi connectivity index (χ4n) is 2.69. The number of rotatable bonds is 4. The van der Waals surface area contributed by atoms with E-state index in [4.69, 9.17) is 0 Å². The maximum absolute atomic E-state index is 4.27. The minimum absolute atomic E-state index is 0.764. The highest BCUT2D eigenvalue weighted by molar-refractivity contribution is 5.28. The van der Waals surface area contributed by atoms with E-state index < -0.39 is 0 Å². The van der Waals surface area contributed by atoms with Gasteiger partial charge in [0.05, 0.1) is 0 Å². The van der Waals surface area contributed by atoms with Crippen LogP contribution in [0.4, 0.5) is 0 Å². The monoisotopic (exact) mass is 216 g/mol. The van der Waals surface area contributed by atoms with Gasteiger partial charge in [-0.2, -0.15) is 0 Å². The lowest BCUT2D eigenvalue weighted by Gasteiger charge is -2.38. The second-order valence-corrected chi connectivity index (χ2v) is 5.36. The van der Waals surface area contributed by atoms with Gasteiger partial charge in [0.2, 0.25) is 0 Å². The molecule has 2 aliphatic rings. The van der Waals surface area contributed by atoms with Crippen LogP contribution in [0, 0.1) is 12.8 Å². The van der Waals surface area contributed by atoms with Crippen molar-refractivity contribution in [2.24, 2.45) is 5.92 Å². The molecule has 2 unspecified atom stereocenters. The average Bonchev–Trinajstić information content (AvgIpc) is 3.04. The van der Waals surface area contributed by atoms with Gasteiger partial charge in [0, 0.05) is 18.4 Å². The molecule has 2 aliphatic carbocycles. The smallest absolute Gasteiger partial charge is 0.0305 e. The predicted octanol–water partition coefficient (Wildman–Crippen LogP) is 2.64. The minimum atomic E-state index is 0.764. The first-order valence-electron chi connectivity index (χ1n) is 6.48. The highest BCUT2D eigenvalue weighted by Gasteiger charge is 2.34. The number of nitrogens with zero attached hydrogens (tertiary/aromatic N) is 1. The zero-order valence-electron chi connectivity index (χ0n) is 9.95. The lowest BCUT2D eigenvalue weighted by molar-refractivity contribution is 0.244. The van der Waals surface area contributed by atoms with Crippen LogP contribution in [0.5, 0.6) is 0 Å². The zero-order valence-corrected chi connectivity index (χ0v) is 9.95. The first-order valence-corrected chi connectivity index (χ1v) is 6.48. The van der Waals surface area contributed by atoms with Crippen molar-refractivity contribution in [3.05, 3.63) is 29.6 Å². The third kappa shape index (κ3) is 1.99. The molecule has 2 nitrogen and oxygen atoms in total. The van der Waals surface area contributed by atoms with E-state index in [1.165, 1.54) is 43.4 Å². The van der Waals surface area contributed by atoms with Crippen molar-refractivity contribution in [3.63, 3.8) is 0 Å². The number of aromatic nitrogens is 1. The summed E-state index contributed by atoms with van der Waals surface area (Å²) < 4.78 is 0. The molecule has 2 atom stereocenters. The molecule has 1 aromatic heterocycles. The molecule has 86 valence electrons. The van der Waals surface area contributed by atoms with Gasteiger partial charge in [0.1, 0.15) is 0 Å². The number of nitrogens with one attached hydrogen (secondary N) is 1. The van der Waals surface area contributed by atoms with E-state index in [0.717, 1.165) is 17.9 Å². The minimum Gasteiger partial charge on any atom is -0.314 e. The highest BCUT2D eigenvalue weighted by atomic mass is 14.9. The van der Waals surface area contributed by atoms with E-state index >= 15 is 0 Å². The Kier molecular flexibility index (Phi) is 2.68. The lowest BCUT2D eigenvalue weighted by atomic mass is 9.69. The molecule has 1 N–H and O–H groups in total. The molecular formula is C14H20N2. The molecule has 0 bridgehead atoms. The number of aryl methyl sites for hydroxylation is 1. The van der Waals surface area contributed by atoms with Crippen LogP contribution in [-0.2, 0) is 0 Å². The number of hydrogen-bond donors (Lipinski definition) is 1. The fourth-order valence-corrected chi connectivity index (χ4v) is 2.69. The van der Waals surface area contributed by atoms with Crippen LogP contribution in [0.3, 0.4) is 0 Å². The van der Waals surface area contributed by atoms with Crippen molar-refractivity contribution >= 4 is 0 Å². The van der Waals surface area contributed by atoms with Crippen LogP contribution in [0.25, 0.3) is 0 Å². The standard InChI is InChI=1S/C14H20N2/c1-10-6-7-15-9-14(10)13-5-2-11(13)8-16-12-3-4-12/h6-7,9,11-13,16H,2-5,8H2,1H3. The van der Waals surface area contributed by atoms with Crippen LogP contribution < -0.4 is 5.32 Å². The molecule has 0 aliphatic heterocycles. The molecule has 0 aromatic carbocycles. The maximum Gasteiger partial charge on any atom is 0.0305 e. The Morgan fingerprint density at radius 2 is 2.19 bits per heavy atom. The van der Waals surface area contributed by atoms with Gasteiger partial charge in [-0.3, -0.25) is 4.98 Å². The van der Waals surface area contributed by atoms with Crippen LogP contribution in [0.1, 0.15) is 42.7 Å². The molecule has 1 aromatic rings. The van der Waals surface area contributed by atoms with Gasteiger partial charge in [-0.25, -0.2) is 0 Å². The molecule has 0 amide bonds. The third-order valence-corrected chi connectivity index (χ3v) is 4.14.